The summed E-state index contributed by atoms with van der Waals surface area (Å²) in [6.07, 6.45) is 4.99. The summed E-state index contributed by atoms with van der Waals surface area (Å²) in [6, 6.07) is 11.5. The number of amides is 1. The zero-order chi connectivity index (χ0) is 27.0. The number of hydrogen-bond donors (Lipinski definition) is 0. The molecule has 2 aliphatic rings. The molecule has 2 atom stereocenters. The Hall–Kier alpha value is -2.82. The second kappa shape index (κ2) is 11.0. The quantitative estimate of drug-likeness (QED) is 0.288. The number of fused-ring (bicyclic) bond motifs is 1. The number of nitrogens with zero attached hydrogens (tertiary/aromatic N) is 4. The average Bonchev–Trinajstić information content (AvgIpc) is 3.68. The van der Waals surface area contributed by atoms with Crippen LogP contribution in [0.5, 0.6) is 5.75 Å². The lowest BCUT2D eigenvalue weighted by molar-refractivity contribution is -0.189. The minimum absolute atomic E-state index is 0.137. The fraction of sp³-hybridized carbons (Fsp3) is 0.357. The third kappa shape index (κ3) is 5.47. The van der Waals surface area contributed by atoms with Crippen molar-refractivity contribution in [3.05, 3.63) is 76.1 Å². The molecule has 1 amide bonds. The first-order valence-corrected chi connectivity index (χ1v) is 14.4. The van der Waals surface area contributed by atoms with Gasteiger partial charge in [-0.05, 0) is 30.3 Å². The predicted molar refractivity (Wildman–Crippen MR) is 153 cm³/mol. The molecule has 2 fully saturated rings. The van der Waals surface area contributed by atoms with Crippen molar-refractivity contribution in [2.45, 2.75) is 25.4 Å². The number of aromatic nitrogens is 2. The number of thiophene rings is 1. The summed E-state index contributed by atoms with van der Waals surface area (Å²) >= 11 is 14.4. The van der Waals surface area contributed by atoms with Crippen molar-refractivity contribution in [1.82, 2.24) is 14.5 Å². The highest BCUT2D eigenvalue weighted by molar-refractivity contribution is 7.17. The number of hydrogen-bond acceptors (Lipinski definition) is 7. The van der Waals surface area contributed by atoms with Crippen LogP contribution in [0.2, 0.25) is 10.0 Å². The van der Waals surface area contributed by atoms with Crippen molar-refractivity contribution < 1.29 is 19.0 Å². The van der Waals surface area contributed by atoms with Gasteiger partial charge in [-0.1, -0.05) is 29.3 Å². The van der Waals surface area contributed by atoms with E-state index in [0.717, 1.165) is 36.6 Å². The number of anilines is 1. The standard InChI is InChI=1S/C28H28Cl2N4O4S/c1-19(35)33-8-10-34(11-9-33)26-16-39-27-13-21(3-4-23(26)27)36-14-22-15-37-28(38-22,17-32-7-6-31-18-32)24-5-2-20(29)12-25(24)30/h2-7,12-13,16,18,22H,8-11,14-15,17H2,1H3/t22-,28-/m0/s1. The van der Waals surface area contributed by atoms with E-state index in [2.05, 4.69) is 27.4 Å². The second-order valence-corrected chi connectivity index (χ2v) is 11.5. The fourth-order valence-electron chi connectivity index (χ4n) is 5.16. The minimum Gasteiger partial charge on any atom is -0.491 e. The molecule has 0 bridgehead atoms. The molecule has 2 aliphatic heterocycles. The molecule has 4 aromatic rings. The van der Waals surface area contributed by atoms with Crippen LogP contribution in [-0.4, -0.2) is 65.9 Å². The van der Waals surface area contributed by atoms with Crippen molar-refractivity contribution in [2.24, 2.45) is 0 Å². The molecule has 11 heteroatoms. The highest BCUT2D eigenvalue weighted by Crippen LogP contribution is 2.41. The number of imidazole rings is 1. The van der Waals surface area contributed by atoms with Crippen molar-refractivity contribution >= 4 is 56.2 Å². The molecule has 4 heterocycles. The Bertz CT molecular complexity index is 1470. The van der Waals surface area contributed by atoms with Gasteiger partial charge in [-0.3, -0.25) is 4.79 Å². The summed E-state index contributed by atoms with van der Waals surface area (Å²) in [5.74, 6) is -0.175. The average molecular weight is 588 g/mol. The van der Waals surface area contributed by atoms with Crippen LogP contribution in [0, 0.1) is 0 Å². The number of carbonyl (C=O) groups is 1. The highest BCUT2D eigenvalue weighted by Gasteiger charge is 2.45. The van der Waals surface area contributed by atoms with Crippen LogP contribution in [0.1, 0.15) is 12.5 Å². The number of piperazine rings is 1. The molecule has 2 aromatic heterocycles. The van der Waals surface area contributed by atoms with E-state index < -0.39 is 5.79 Å². The molecular weight excluding hydrogens is 559 g/mol. The summed E-state index contributed by atoms with van der Waals surface area (Å²) in [5, 5.41) is 4.41. The summed E-state index contributed by atoms with van der Waals surface area (Å²) < 4.78 is 22.0. The van der Waals surface area contributed by atoms with Gasteiger partial charge in [0.1, 0.15) is 18.5 Å². The molecule has 2 aromatic carbocycles. The summed E-state index contributed by atoms with van der Waals surface area (Å²) in [7, 11) is 0. The second-order valence-electron chi connectivity index (χ2n) is 9.75. The van der Waals surface area contributed by atoms with E-state index in [9.17, 15) is 4.79 Å². The summed E-state index contributed by atoms with van der Waals surface area (Å²) in [6.45, 7) is 5.87. The van der Waals surface area contributed by atoms with Gasteiger partial charge in [0.15, 0.2) is 0 Å². The smallest absolute Gasteiger partial charge is 0.219 e. The van der Waals surface area contributed by atoms with Gasteiger partial charge >= 0.3 is 0 Å². The van der Waals surface area contributed by atoms with Crippen molar-refractivity contribution in [3.8, 4) is 5.75 Å². The Kier molecular flexibility index (Phi) is 7.43. The first kappa shape index (κ1) is 26.4. The van der Waals surface area contributed by atoms with Gasteiger partial charge in [-0.25, -0.2) is 4.98 Å². The highest BCUT2D eigenvalue weighted by atomic mass is 35.5. The topological polar surface area (TPSA) is 69.1 Å². The van der Waals surface area contributed by atoms with E-state index in [4.69, 9.17) is 37.4 Å². The molecule has 8 nitrogen and oxygen atoms in total. The summed E-state index contributed by atoms with van der Waals surface area (Å²) in [4.78, 5) is 20.1. The Morgan fingerprint density at radius 3 is 2.77 bits per heavy atom. The minimum atomic E-state index is -1.09. The van der Waals surface area contributed by atoms with E-state index in [1.54, 1.807) is 42.9 Å². The first-order chi connectivity index (χ1) is 18.9. The molecule has 204 valence electrons. The SMILES string of the molecule is CC(=O)N1CCN(c2csc3cc(OC[C@H]4CO[C@](Cn5ccnc5)(c5ccc(Cl)cc5Cl)O4)ccc23)CC1. The van der Waals surface area contributed by atoms with Crippen LogP contribution in [-0.2, 0) is 26.6 Å². The molecule has 0 saturated carbocycles. The van der Waals surface area contributed by atoms with Gasteiger partial charge in [0.2, 0.25) is 11.7 Å². The molecular formula is C28H28Cl2N4O4S. The zero-order valence-electron chi connectivity index (χ0n) is 21.4. The number of benzene rings is 2. The maximum Gasteiger partial charge on any atom is 0.219 e. The summed E-state index contributed by atoms with van der Waals surface area (Å²) in [5.41, 5.74) is 1.92. The molecule has 0 N–H and O–H groups in total. The maximum absolute atomic E-state index is 11.7. The van der Waals surface area contributed by atoms with Gasteiger partial charge in [-0.2, -0.15) is 0 Å². The maximum atomic E-state index is 11.7. The van der Waals surface area contributed by atoms with E-state index in [1.807, 2.05) is 27.8 Å². The zero-order valence-corrected chi connectivity index (χ0v) is 23.7. The van der Waals surface area contributed by atoms with Gasteiger partial charge in [0.25, 0.3) is 0 Å². The number of rotatable bonds is 7. The number of ether oxygens (including phenoxy) is 3. The van der Waals surface area contributed by atoms with Crippen molar-refractivity contribution in [1.29, 1.82) is 0 Å². The van der Waals surface area contributed by atoms with E-state index in [0.29, 0.717) is 35.4 Å². The van der Waals surface area contributed by atoms with Gasteiger partial charge in [-0.15, -0.1) is 11.3 Å². The Morgan fingerprint density at radius 1 is 1.18 bits per heavy atom. The third-order valence-electron chi connectivity index (χ3n) is 7.18. The van der Waals surface area contributed by atoms with Gasteiger partial charge in [0, 0.05) is 71.5 Å². The largest absolute Gasteiger partial charge is 0.491 e. The molecule has 2 saturated heterocycles. The molecule has 0 radical (unpaired) electrons. The molecule has 39 heavy (non-hydrogen) atoms. The lowest BCUT2D eigenvalue weighted by Crippen LogP contribution is -2.48. The lowest BCUT2D eigenvalue weighted by Gasteiger charge is -2.35. The van der Waals surface area contributed by atoms with Gasteiger partial charge in [0.05, 0.1) is 30.2 Å². The molecule has 0 spiro atoms. The molecule has 0 unspecified atom stereocenters. The van der Waals surface area contributed by atoms with Crippen LogP contribution < -0.4 is 9.64 Å². The Morgan fingerprint density at radius 2 is 2.03 bits per heavy atom. The van der Waals surface area contributed by atoms with Crippen LogP contribution in [0.3, 0.4) is 0 Å². The molecule has 6 rings (SSSR count). The first-order valence-electron chi connectivity index (χ1n) is 12.8. The monoisotopic (exact) mass is 586 g/mol. The van der Waals surface area contributed by atoms with Crippen LogP contribution in [0.25, 0.3) is 10.1 Å². The van der Waals surface area contributed by atoms with E-state index >= 15 is 0 Å². The predicted octanol–water partition coefficient (Wildman–Crippen LogP) is 5.42. The van der Waals surface area contributed by atoms with Gasteiger partial charge < -0.3 is 28.6 Å². The lowest BCUT2D eigenvalue weighted by atomic mass is 10.1. The van der Waals surface area contributed by atoms with E-state index in [-0.39, 0.29) is 12.0 Å². The Labute approximate surface area is 240 Å². The normalized spacial score (nSPS) is 21.6. The Balaban J connectivity index is 1.14. The third-order valence-corrected chi connectivity index (χ3v) is 8.66. The molecule has 0 aliphatic carbocycles. The number of halogens is 2. The van der Waals surface area contributed by atoms with Crippen molar-refractivity contribution in [2.75, 3.05) is 44.3 Å². The number of carbonyl (C=O) groups excluding carboxylic acids is 1. The van der Waals surface area contributed by atoms with Crippen molar-refractivity contribution in [3.63, 3.8) is 0 Å². The van der Waals surface area contributed by atoms with Crippen LogP contribution in [0.15, 0.2) is 60.5 Å². The van der Waals surface area contributed by atoms with E-state index in [1.165, 1.54) is 11.1 Å². The fourth-order valence-corrected chi connectivity index (χ4v) is 6.71. The van der Waals surface area contributed by atoms with Crippen LogP contribution >= 0.6 is 34.5 Å². The van der Waals surface area contributed by atoms with Crippen LogP contribution in [0.4, 0.5) is 5.69 Å².